The fourth-order valence-corrected chi connectivity index (χ4v) is 4.14. The van der Waals surface area contributed by atoms with Crippen LogP contribution < -0.4 is 10.0 Å². The average molecular weight is 318 g/mol. The molecule has 112 valence electrons. The van der Waals surface area contributed by atoms with Crippen molar-refractivity contribution >= 4 is 27.4 Å². The van der Waals surface area contributed by atoms with Crippen LogP contribution in [-0.2, 0) is 10.0 Å². The van der Waals surface area contributed by atoms with Gasteiger partial charge in [-0.3, -0.25) is 0 Å². The molecule has 2 rings (SSSR count). The van der Waals surface area contributed by atoms with Crippen LogP contribution in [0.25, 0.3) is 0 Å². The first-order valence-corrected chi connectivity index (χ1v) is 8.45. The van der Waals surface area contributed by atoms with Crippen LogP contribution in [0.15, 0.2) is 17.2 Å². The number of sulfonamides is 1. The van der Waals surface area contributed by atoms with E-state index in [0.717, 1.165) is 19.3 Å². The van der Waals surface area contributed by atoms with E-state index >= 15 is 0 Å². The second kappa shape index (κ2) is 5.50. The average Bonchev–Trinajstić information content (AvgIpc) is 2.67. The number of nitrogens with one attached hydrogen (secondary N) is 2. The Kier molecular flexibility index (Phi) is 4.27. The summed E-state index contributed by atoms with van der Waals surface area (Å²) in [4.78, 5) is 4.11. The summed E-state index contributed by atoms with van der Waals surface area (Å²) in [6.07, 6.45) is 4.06. The first-order valence-electron chi connectivity index (χ1n) is 6.59. The van der Waals surface area contributed by atoms with Crippen LogP contribution in [0.2, 0.25) is 5.02 Å². The smallest absolute Gasteiger partial charge is 0.242 e. The van der Waals surface area contributed by atoms with E-state index in [9.17, 15) is 8.42 Å². The van der Waals surface area contributed by atoms with Gasteiger partial charge in [-0.25, -0.2) is 18.1 Å². The highest BCUT2D eigenvalue weighted by Gasteiger charge is 2.33. The quantitative estimate of drug-likeness (QED) is 0.895. The van der Waals surface area contributed by atoms with Crippen LogP contribution in [-0.4, -0.2) is 26.5 Å². The molecule has 0 saturated heterocycles. The number of nitrogens with zero attached hydrogens (tertiary/aromatic N) is 1. The Morgan fingerprint density at radius 3 is 2.65 bits per heavy atom. The standard InChI is InChI=1S/C13H20ClN3O2S/c1-13(2)5-4-9(7-13)17-20(18,19)10-6-11(14)12(15-3)16-8-10/h6,8-9,17H,4-5,7H2,1-3H3,(H,15,16). The Labute approximate surface area is 125 Å². The lowest BCUT2D eigenvalue weighted by Crippen LogP contribution is -2.33. The molecule has 1 atom stereocenters. The predicted octanol–water partition coefficient (Wildman–Crippen LogP) is 2.63. The second-order valence-corrected chi connectivity index (χ2v) is 8.10. The van der Waals surface area contributed by atoms with E-state index in [0.29, 0.717) is 10.8 Å². The lowest BCUT2D eigenvalue weighted by atomic mass is 9.92. The molecule has 1 aliphatic carbocycles. The Bertz CT molecular complexity index is 602. The molecule has 1 heterocycles. The van der Waals surface area contributed by atoms with Gasteiger partial charge < -0.3 is 5.32 Å². The summed E-state index contributed by atoms with van der Waals surface area (Å²) < 4.78 is 27.4. The zero-order chi connectivity index (χ0) is 15.0. The highest BCUT2D eigenvalue weighted by Crippen LogP contribution is 2.37. The third-order valence-electron chi connectivity index (χ3n) is 3.65. The summed E-state index contributed by atoms with van der Waals surface area (Å²) in [7, 11) is -1.88. The van der Waals surface area contributed by atoms with Crippen molar-refractivity contribution in [1.82, 2.24) is 9.71 Å². The third-order valence-corrected chi connectivity index (χ3v) is 5.43. The fourth-order valence-electron chi connectivity index (χ4n) is 2.58. The molecule has 1 aromatic rings. The summed E-state index contributed by atoms with van der Waals surface area (Å²) >= 11 is 5.98. The van der Waals surface area contributed by atoms with E-state index in [1.54, 1.807) is 7.05 Å². The predicted molar refractivity (Wildman–Crippen MR) is 80.5 cm³/mol. The van der Waals surface area contributed by atoms with Gasteiger partial charge >= 0.3 is 0 Å². The molecule has 5 nitrogen and oxygen atoms in total. The Morgan fingerprint density at radius 2 is 2.15 bits per heavy atom. The van der Waals surface area contributed by atoms with Gasteiger partial charge in [0, 0.05) is 19.3 Å². The maximum absolute atomic E-state index is 12.3. The minimum absolute atomic E-state index is 0.0160. The van der Waals surface area contributed by atoms with Crippen molar-refractivity contribution in [2.75, 3.05) is 12.4 Å². The van der Waals surface area contributed by atoms with Crippen molar-refractivity contribution in [3.8, 4) is 0 Å². The lowest BCUT2D eigenvalue weighted by molar-refractivity contribution is 0.372. The number of hydrogen-bond donors (Lipinski definition) is 2. The molecule has 0 aromatic carbocycles. The van der Waals surface area contributed by atoms with Gasteiger partial charge in [-0.15, -0.1) is 0 Å². The lowest BCUT2D eigenvalue weighted by Gasteiger charge is -2.18. The molecule has 1 fully saturated rings. The zero-order valence-electron chi connectivity index (χ0n) is 11.9. The van der Waals surface area contributed by atoms with E-state index in [-0.39, 0.29) is 16.4 Å². The number of rotatable bonds is 4. The minimum atomic E-state index is -3.57. The summed E-state index contributed by atoms with van der Waals surface area (Å²) in [5.74, 6) is 0.465. The summed E-state index contributed by atoms with van der Waals surface area (Å²) in [5.41, 5.74) is 0.194. The van der Waals surface area contributed by atoms with Crippen molar-refractivity contribution < 1.29 is 8.42 Å². The summed E-state index contributed by atoms with van der Waals surface area (Å²) in [5, 5.41) is 3.09. The van der Waals surface area contributed by atoms with Gasteiger partial charge in [-0.1, -0.05) is 25.4 Å². The number of anilines is 1. The largest absolute Gasteiger partial charge is 0.372 e. The SMILES string of the molecule is CNc1ncc(S(=O)(=O)NC2CCC(C)(C)C2)cc1Cl. The molecule has 2 N–H and O–H groups in total. The number of pyridine rings is 1. The van der Waals surface area contributed by atoms with Crippen molar-refractivity contribution in [3.63, 3.8) is 0 Å². The van der Waals surface area contributed by atoms with Crippen LogP contribution >= 0.6 is 11.6 Å². The van der Waals surface area contributed by atoms with Crippen molar-refractivity contribution in [3.05, 3.63) is 17.3 Å². The molecule has 20 heavy (non-hydrogen) atoms. The number of aromatic nitrogens is 1. The van der Waals surface area contributed by atoms with E-state index < -0.39 is 10.0 Å². The van der Waals surface area contributed by atoms with Gasteiger partial charge in [0.2, 0.25) is 10.0 Å². The van der Waals surface area contributed by atoms with Crippen molar-refractivity contribution in [2.24, 2.45) is 5.41 Å². The number of hydrogen-bond acceptors (Lipinski definition) is 4. The molecule has 1 unspecified atom stereocenters. The Morgan fingerprint density at radius 1 is 1.45 bits per heavy atom. The van der Waals surface area contributed by atoms with E-state index in [2.05, 4.69) is 28.9 Å². The van der Waals surface area contributed by atoms with Gasteiger partial charge in [0.05, 0.1) is 5.02 Å². The van der Waals surface area contributed by atoms with Crippen LogP contribution in [0.5, 0.6) is 0 Å². The zero-order valence-corrected chi connectivity index (χ0v) is 13.5. The molecule has 0 spiro atoms. The van der Waals surface area contributed by atoms with Crippen LogP contribution in [0, 0.1) is 5.41 Å². The maximum Gasteiger partial charge on any atom is 0.242 e. The second-order valence-electron chi connectivity index (χ2n) is 5.98. The topological polar surface area (TPSA) is 71.1 Å². The maximum atomic E-state index is 12.3. The normalized spacial score (nSPS) is 21.9. The molecule has 1 aliphatic rings. The Balaban J connectivity index is 2.17. The van der Waals surface area contributed by atoms with Crippen molar-refractivity contribution in [1.29, 1.82) is 0 Å². The fraction of sp³-hybridized carbons (Fsp3) is 0.615. The van der Waals surface area contributed by atoms with Crippen LogP contribution in [0.3, 0.4) is 0 Å². The van der Waals surface area contributed by atoms with Gasteiger partial charge in [0.25, 0.3) is 0 Å². The first kappa shape index (κ1) is 15.5. The van der Waals surface area contributed by atoms with Crippen molar-refractivity contribution in [2.45, 2.75) is 44.0 Å². The van der Waals surface area contributed by atoms with Crippen LogP contribution in [0.1, 0.15) is 33.1 Å². The molecule has 1 saturated carbocycles. The molecule has 0 radical (unpaired) electrons. The minimum Gasteiger partial charge on any atom is -0.372 e. The van der Waals surface area contributed by atoms with Crippen LogP contribution in [0.4, 0.5) is 5.82 Å². The molecule has 0 aliphatic heterocycles. The molecule has 0 bridgehead atoms. The van der Waals surface area contributed by atoms with Gasteiger partial charge in [-0.05, 0) is 30.7 Å². The van der Waals surface area contributed by atoms with Gasteiger partial charge in [-0.2, -0.15) is 0 Å². The van der Waals surface area contributed by atoms with Gasteiger partial charge in [0.15, 0.2) is 0 Å². The molecular weight excluding hydrogens is 298 g/mol. The Hall–Kier alpha value is -0.850. The summed E-state index contributed by atoms with van der Waals surface area (Å²) in [6.45, 7) is 4.31. The highest BCUT2D eigenvalue weighted by atomic mass is 35.5. The van der Waals surface area contributed by atoms with E-state index in [4.69, 9.17) is 11.6 Å². The number of halogens is 1. The molecular formula is C13H20ClN3O2S. The third kappa shape index (κ3) is 3.42. The highest BCUT2D eigenvalue weighted by molar-refractivity contribution is 7.89. The monoisotopic (exact) mass is 317 g/mol. The molecule has 0 amide bonds. The van der Waals surface area contributed by atoms with E-state index in [1.165, 1.54) is 12.3 Å². The van der Waals surface area contributed by atoms with E-state index in [1.807, 2.05) is 0 Å². The molecule has 7 heteroatoms. The molecule has 1 aromatic heterocycles. The first-order chi connectivity index (χ1) is 9.23. The van der Waals surface area contributed by atoms with Gasteiger partial charge in [0.1, 0.15) is 10.7 Å². The summed E-state index contributed by atoms with van der Waals surface area (Å²) in [6, 6.07) is 1.40.